The molecule has 0 spiro atoms. The Hall–Kier alpha value is 0.340. The second-order valence-corrected chi connectivity index (χ2v) is 0.805. The summed E-state index contributed by atoms with van der Waals surface area (Å²) in [6.07, 6.45) is 2.75. The summed E-state index contributed by atoms with van der Waals surface area (Å²) < 4.78 is 8.61. The maximum Gasteiger partial charge on any atom is 0.0766 e. The van der Waals surface area contributed by atoms with Crippen molar-refractivity contribution in [2.45, 2.75) is 0 Å². The third kappa shape index (κ3) is 61.2. The van der Waals surface area contributed by atoms with Crippen LogP contribution in [0, 0.1) is 37.7 Å². The number of methoxy groups -OCH3 is 2. The van der Waals surface area contributed by atoms with Gasteiger partial charge in [-0.1, -0.05) is 13.2 Å². The van der Waals surface area contributed by atoms with Crippen LogP contribution in [0.4, 0.5) is 0 Å². The first-order valence-electron chi connectivity index (χ1n) is 2.10. The third-order valence-corrected chi connectivity index (χ3v) is 0.333. The van der Waals surface area contributed by atoms with Crippen LogP contribution in [-0.4, -0.2) is 14.2 Å². The van der Waals surface area contributed by atoms with E-state index in [9.17, 15) is 0 Å². The minimum atomic E-state index is 0. The monoisotopic (exact) mass is 156 g/mol. The molecule has 0 rings (SSSR count). The molecule has 0 unspecified atom stereocenters. The molecule has 0 aliphatic rings. The van der Waals surface area contributed by atoms with Crippen LogP contribution in [0.2, 0.25) is 0 Å². The number of ether oxygens (including phenoxy) is 2. The van der Waals surface area contributed by atoms with Crippen molar-refractivity contribution in [2.75, 3.05) is 14.2 Å². The molecule has 0 radical (unpaired) electrons. The van der Waals surface area contributed by atoms with Gasteiger partial charge in [0, 0.05) is 37.7 Å². The Morgan fingerprint density at radius 1 is 1.00 bits per heavy atom. The molecule has 56 valence electrons. The number of hydrogen-bond acceptors (Lipinski definition) is 2. The second-order valence-electron chi connectivity index (χ2n) is 0.805. The van der Waals surface area contributed by atoms with Gasteiger partial charge in [-0.15, -0.1) is 0 Å². The first-order chi connectivity index (χ1) is 3.83. The van der Waals surface area contributed by atoms with E-state index >= 15 is 0 Å². The van der Waals surface area contributed by atoms with Gasteiger partial charge < -0.3 is 9.47 Å². The maximum absolute atomic E-state index is 4.31. The van der Waals surface area contributed by atoms with E-state index in [2.05, 4.69) is 22.6 Å². The molecule has 2 nitrogen and oxygen atoms in total. The fourth-order valence-corrected chi connectivity index (χ4v) is 0. The summed E-state index contributed by atoms with van der Waals surface area (Å²) in [5.74, 6) is 0. The van der Waals surface area contributed by atoms with Crippen molar-refractivity contribution in [1.82, 2.24) is 0 Å². The number of rotatable bonds is 2. The zero-order valence-corrected chi connectivity index (χ0v) is 6.45. The van der Waals surface area contributed by atoms with Crippen molar-refractivity contribution in [3.8, 4) is 0 Å². The summed E-state index contributed by atoms with van der Waals surface area (Å²) in [5, 5.41) is 0. The molecule has 0 saturated carbocycles. The molecule has 0 aromatic rings. The van der Waals surface area contributed by atoms with Crippen molar-refractivity contribution in [3.63, 3.8) is 0 Å². The molecule has 0 aliphatic carbocycles. The van der Waals surface area contributed by atoms with Gasteiger partial charge in [-0.25, -0.2) is 0 Å². The molecule has 0 bridgehead atoms. The molecular weight excluding hydrogens is 144 g/mol. The molecule has 9 heavy (non-hydrogen) atoms. The molecule has 0 aromatic heterocycles. The number of hydrogen-bond donors (Lipinski definition) is 0. The zero-order chi connectivity index (χ0) is 6.83. The second kappa shape index (κ2) is 23.9. The van der Waals surface area contributed by atoms with Crippen molar-refractivity contribution in [2.24, 2.45) is 0 Å². The van der Waals surface area contributed by atoms with Gasteiger partial charge in [0.2, 0.25) is 0 Å². The van der Waals surface area contributed by atoms with Crippen LogP contribution < -0.4 is 0 Å². The van der Waals surface area contributed by atoms with Gasteiger partial charge in [0.05, 0.1) is 26.7 Å². The van der Waals surface area contributed by atoms with Crippen LogP contribution >= 0.6 is 0 Å². The predicted octanol–water partition coefficient (Wildman–Crippen LogP) is 1.55. The minimum absolute atomic E-state index is 0. The van der Waals surface area contributed by atoms with Crippen molar-refractivity contribution in [3.05, 3.63) is 25.7 Å². The van der Waals surface area contributed by atoms with E-state index in [0.717, 1.165) is 0 Å². The Kier molecular flexibility index (Phi) is 42.8. The van der Waals surface area contributed by atoms with Crippen LogP contribution in [0.3, 0.4) is 0 Å². The van der Waals surface area contributed by atoms with E-state index in [1.807, 2.05) is 0 Å². The average molecular weight is 156 g/mol. The smallest absolute Gasteiger partial charge is 0.0766 e. The van der Waals surface area contributed by atoms with Crippen LogP contribution in [0.25, 0.3) is 0 Å². The van der Waals surface area contributed by atoms with Gasteiger partial charge in [-0.05, 0) is 0 Å². The Morgan fingerprint density at radius 3 is 1.11 bits per heavy atom. The fourth-order valence-electron chi connectivity index (χ4n) is 0. The van der Waals surface area contributed by atoms with Crippen LogP contribution in [-0.2, 0) is 9.47 Å². The van der Waals surface area contributed by atoms with Crippen molar-refractivity contribution in [1.29, 1.82) is 0 Å². The third-order valence-electron chi connectivity index (χ3n) is 0.333. The van der Waals surface area contributed by atoms with Crippen molar-refractivity contribution < 1.29 is 47.2 Å². The molecule has 0 atom stereocenters. The molecule has 0 amide bonds. The fraction of sp³-hybridized carbons (Fsp3) is 0.333. The summed E-state index contributed by atoms with van der Waals surface area (Å²) in [7, 11) is 3.12. The molecule has 0 fully saturated rings. The summed E-state index contributed by atoms with van der Waals surface area (Å²) in [5.41, 5.74) is 0. The molecule has 0 N–H and O–H groups in total. The summed E-state index contributed by atoms with van der Waals surface area (Å²) >= 11 is 0. The van der Waals surface area contributed by atoms with E-state index in [1.165, 1.54) is 12.5 Å². The van der Waals surface area contributed by atoms with Gasteiger partial charge >= 0.3 is 0 Å². The Balaban J connectivity index is -0.0000000720. The van der Waals surface area contributed by atoms with Crippen molar-refractivity contribution >= 4 is 0 Å². The average Bonchev–Trinajstić information content (AvgIpc) is 1.88. The Labute approximate surface area is 86.5 Å². The molecule has 0 heterocycles. The zero-order valence-electron chi connectivity index (χ0n) is 5.74. The predicted molar refractivity (Wildman–Crippen MR) is 34.4 cm³/mol. The largest absolute Gasteiger partial charge is 0.505 e. The van der Waals surface area contributed by atoms with Gasteiger partial charge in [-0.3, -0.25) is 0 Å². The van der Waals surface area contributed by atoms with E-state index in [0.29, 0.717) is 0 Å². The van der Waals surface area contributed by atoms with E-state index < -0.39 is 0 Å². The summed E-state index contributed by atoms with van der Waals surface area (Å²) in [4.78, 5) is 0. The Bertz CT molecular complexity index is 47.0. The first-order valence-corrected chi connectivity index (χ1v) is 2.10. The first kappa shape index (κ1) is 16.2. The normalized spacial score (nSPS) is 4.67. The molecule has 0 saturated heterocycles. The topological polar surface area (TPSA) is 18.5 Å². The van der Waals surface area contributed by atoms with Gasteiger partial charge in [0.15, 0.2) is 0 Å². The summed E-state index contributed by atoms with van der Waals surface area (Å²) in [6, 6.07) is 0. The maximum atomic E-state index is 4.31. The van der Waals surface area contributed by atoms with Gasteiger partial charge in [0.25, 0.3) is 0 Å². The van der Waals surface area contributed by atoms with Crippen LogP contribution in [0.1, 0.15) is 0 Å². The molecular formula is C6H12ArO2. The van der Waals surface area contributed by atoms with Gasteiger partial charge in [0.1, 0.15) is 0 Å². The van der Waals surface area contributed by atoms with E-state index in [-0.39, 0.29) is 37.7 Å². The molecule has 3 heteroatoms. The van der Waals surface area contributed by atoms with E-state index in [4.69, 9.17) is 0 Å². The van der Waals surface area contributed by atoms with E-state index in [1.54, 1.807) is 14.2 Å². The summed E-state index contributed by atoms with van der Waals surface area (Å²) in [6.45, 7) is 6.51. The minimum Gasteiger partial charge on any atom is -0.505 e. The molecule has 0 aliphatic heterocycles. The van der Waals surface area contributed by atoms with Crippen LogP contribution in [0.5, 0.6) is 0 Å². The van der Waals surface area contributed by atoms with Crippen LogP contribution in [0.15, 0.2) is 25.7 Å². The Morgan fingerprint density at radius 2 is 1.11 bits per heavy atom. The molecule has 0 aromatic carbocycles. The SMILES string of the molecule is C=COC.C=COC.[Ar]. The quantitative estimate of drug-likeness (QED) is 0.565. The standard InChI is InChI=1S/2C3H6O.Ar/c2*1-3-4-2;/h2*3H,1H2,2H3;. The van der Waals surface area contributed by atoms with Gasteiger partial charge in [-0.2, -0.15) is 0 Å².